The fraction of sp³-hybridized carbons (Fsp3) is 0.267. The topological polar surface area (TPSA) is 74.5 Å². The molecule has 20 heavy (non-hydrogen) atoms. The molecule has 1 aromatic carbocycles. The molecule has 0 aliphatic heterocycles. The van der Waals surface area contributed by atoms with Crippen molar-refractivity contribution in [3.63, 3.8) is 0 Å². The van der Waals surface area contributed by atoms with Crippen molar-refractivity contribution in [2.75, 3.05) is 13.2 Å². The summed E-state index contributed by atoms with van der Waals surface area (Å²) >= 11 is 0. The molecule has 0 spiro atoms. The van der Waals surface area contributed by atoms with Gasteiger partial charge in [-0.15, -0.1) is 0 Å². The SMILES string of the molecule is CC(O)(CO)CNC(=O)c1ccc(-n2cccc2)cc1. The van der Waals surface area contributed by atoms with E-state index in [-0.39, 0.29) is 12.5 Å². The Morgan fingerprint density at radius 3 is 2.40 bits per heavy atom. The molecule has 106 valence electrons. The van der Waals surface area contributed by atoms with Gasteiger partial charge in [-0.05, 0) is 43.3 Å². The van der Waals surface area contributed by atoms with E-state index < -0.39 is 12.2 Å². The molecule has 1 amide bonds. The van der Waals surface area contributed by atoms with Crippen molar-refractivity contribution in [2.45, 2.75) is 12.5 Å². The Labute approximate surface area is 117 Å². The molecule has 0 saturated carbocycles. The van der Waals surface area contributed by atoms with Gasteiger partial charge in [-0.3, -0.25) is 4.79 Å². The number of benzene rings is 1. The van der Waals surface area contributed by atoms with Gasteiger partial charge in [0.2, 0.25) is 0 Å². The molecular formula is C15H18N2O3. The van der Waals surface area contributed by atoms with Crippen LogP contribution in [0.2, 0.25) is 0 Å². The second-order valence-electron chi connectivity index (χ2n) is 4.97. The van der Waals surface area contributed by atoms with E-state index in [4.69, 9.17) is 5.11 Å². The summed E-state index contributed by atoms with van der Waals surface area (Å²) in [6.45, 7) is 1.06. The first-order valence-corrected chi connectivity index (χ1v) is 6.37. The summed E-state index contributed by atoms with van der Waals surface area (Å²) in [7, 11) is 0. The zero-order valence-electron chi connectivity index (χ0n) is 11.3. The van der Waals surface area contributed by atoms with Crippen molar-refractivity contribution in [1.29, 1.82) is 0 Å². The Balaban J connectivity index is 2.01. The zero-order valence-corrected chi connectivity index (χ0v) is 11.3. The van der Waals surface area contributed by atoms with Crippen LogP contribution < -0.4 is 5.32 Å². The minimum Gasteiger partial charge on any atom is -0.393 e. The summed E-state index contributed by atoms with van der Waals surface area (Å²) in [5.41, 5.74) is 0.171. The fourth-order valence-electron chi connectivity index (χ4n) is 1.72. The van der Waals surface area contributed by atoms with E-state index in [2.05, 4.69) is 5.32 Å². The Morgan fingerprint density at radius 2 is 1.85 bits per heavy atom. The van der Waals surface area contributed by atoms with Crippen LogP contribution in [0.25, 0.3) is 5.69 Å². The summed E-state index contributed by atoms with van der Waals surface area (Å²) in [5, 5.41) is 21.1. The number of carbonyl (C=O) groups excluding carboxylic acids is 1. The second-order valence-corrected chi connectivity index (χ2v) is 4.97. The number of aromatic nitrogens is 1. The van der Waals surface area contributed by atoms with Crippen molar-refractivity contribution in [1.82, 2.24) is 9.88 Å². The van der Waals surface area contributed by atoms with Gasteiger partial charge in [-0.1, -0.05) is 0 Å². The highest BCUT2D eigenvalue weighted by Crippen LogP contribution is 2.10. The minimum atomic E-state index is -1.30. The number of nitrogens with one attached hydrogen (secondary N) is 1. The molecule has 1 unspecified atom stereocenters. The van der Waals surface area contributed by atoms with Crippen LogP contribution in [0.4, 0.5) is 0 Å². The molecule has 0 saturated heterocycles. The van der Waals surface area contributed by atoms with Gasteiger partial charge in [0, 0.05) is 30.2 Å². The van der Waals surface area contributed by atoms with E-state index in [0.717, 1.165) is 5.69 Å². The van der Waals surface area contributed by atoms with E-state index in [9.17, 15) is 9.90 Å². The molecule has 2 aromatic rings. The summed E-state index contributed by atoms with van der Waals surface area (Å²) in [4.78, 5) is 11.9. The maximum atomic E-state index is 11.9. The maximum absolute atomic E-state index is 11.9. The molecule has 0 aliphatic carbocycles. The highest BCUT2D eigenvalue weighted by atomic mass is 16.3. The number of hydrogen-bond donors (Lipinski definition) is 3. The van der Waals surface area contributed by atoms with E-state index in [1.54, 1.807) is 12.1 Å². The van der Waals surface area contributed by atoms with Crippen LogP contribution in [0, 0.1) is 0 Å². The predicted molar refractivity (Wildman–Crippen MR) is 75.8 cm³/mol. The van der Waals surface area contributed by atoms with Crippen LogP contribution in [0.15, 0.2) is 48.8 Å². The Hall–Kier alpha value is -2.11. The number of nitrogens with zero attached hydrogens (tertiary/aromatic N) is 1. The average Bonchev–Trinajstić information content (AvgIpc) is 2.99. The Bertz CT molecular complexity index is 559. The molecule has 1 atom stereocenters. The highest BCUT2D eigenvalue weighted by molar-refractivity contribution is 5.94. The largest absolute Gasteiger partial charge is 0.393 e. The van der Waals surface area contributed by atoms with E-state index in [0.29, 0.717) is 5.56 Å². The number of rotatable bonds is 5. The van der Waals surface area contributed by atoms with Crippen LogP contribution in [0.1, 0.15) is 17.3 Å². The van der Waals surface area contributed by atoms with Gasteiger partial charge in [-0.25, -0.2) is 0 Å². The lowest BCUT2D eigenvalue weighted by Crippen LogP contribution is -2.43. The van der Waals surface area contributed by atoms with Crippen molar-refractivity contribution in [3.05, 3.63) is 54.4 Å². The lowest BCUT2D eigenvalue weighted by molar-refractivity contribution is 0.00320. The monoisotopic (exact) mass is 274 g/mol. The number of hydrogen-bond acceptors (Lipinski definition) is 3. The average molecular weight is 274 g/mol. The number of amides is 1. The first-order chi connectivity index (χ1) is 9.52. The summed E-state index contributed by atoms with van der Waals surface area (Å²) in [6.07, 6.45) is 3.85. The van der Waals surface area contributed by atoms with E-state index in [1.807, 2.05) is 41.2 Å². The lowest BCUT2D eigenvalue weighted by Gasteiger charge is -2.20. The summed E-state index contributed by atoms with van der Waals surface area (Å²) in [5.74, 6) is -0.280. The van der Waals surface area contributed by atoms with Crippen LogP contribution in [-0.2, 0) is 0 Å². The van der Waals surface area contributed by atoms with Gasteiger partial charge in [0.05, 0.1) is 6.61 Å². The van der Waals surface area contributed by atoms with Gasteiger partial charge in [-0.2, -0.15) is 0 Å². The molecule has 0 fully saturated rings. The molecule has 0 radical (unpaired) electrons. The highest BCUT2D eigenvalue weighted by Gasteiger charge is 2.20. The van der Waals surface area contributed by atoms with Crippen molar-refractivity contribution in [3.8, 4) is 5.69 Å². The Kier molecular flexibility index (Phi) is 4.22. The summed E-state index contributed by atoms with van der Waals surface area (Å²) in [6, 6.07) is 11.0. The van der Waals surface area contributed by atoms with Gasteiger partial charge in [0.1, 0.15) is 5.60 Å². The van der Waals surface area contributed by atoms with Gasteiger partial charge < -0.3 is 20.1 Å². The quantitative estimate of drug-likeness (QED) is 0.760. The van der Waals surface area contributed by atoms with Crippen molar-refractivity contribution < 1.29 is 15.0 Å². The van der Waals surface area contributed by atoms with Crippen LogP contribution in [-0.4, -0.2) is 39.4 Å². The van der Waals surface area contributed by atoms with E-state index >= 15 is 0 Å². The minimum absolute atomic E-state index is 0.00167. The van der Waals surface area contributed by atoms with Crippen LogP contribution >= 0.6 is 0 Å². The number of aliphatic hydroxyl groups excluding tert-OH is 1. The third-order valence-electron chi connectivity index (χ3n) is 3.00. The molecule has 2 rings (SSSR count). The fourth-order valence-corrected chi connectivity index (χ4v) is 1.72. The molecule has 1 aromatic heterocycles. The van der Waals surface area contributed by atoms with Crippen molar-refractivity contribution >= 4 is 5.91 Å². The number of carbonyl (C=O) groups is 1. The lowest BCUT2D eigenvalue weighted by atomic mass is 10.1. The molecule has 5 nitrogen and oxygen atoms in total. The molecule has 3 N–H and O–H groups in total. The first-order valence-electron chi connectivity index (χ1n) is 6.37. The second kappa shape index (κ2) is 5.90. The third-order valence-corrected chi connectivity index (χ3v) is 3.00. The van der Waals surface area contributed by atoms with Crippen LogP contribution in [0.3, 0.4) is 0 Å². The number of aliphatic hydroxyl groups is 2. The molecule has 0 aliphatic rings. The zero-order chi connectivity index (χ0) is 14.6. The molecular weight excluding hydrogens is 256 g/mol. The maximum Gasteiger partial charge on any atom is 0.251 e. The third kappa shape index (κ3) is 3.46. The Morgan fingerprint density at radius 1 is 1.25 bits per heavy atom. The first kappa shape index (κ1) is 14.3. The molecule has 0 bridgehead atoms. The van der Waals surface area contributed by atoms with Crippen LogP contribution in [0.5, 0.6) is 0 Å². The van der Waals surface area contributed by atoms with E-state index in [1.165, 1.54) is 6.92 Å². The van der Waals surface area contributed by atoms with Gasteiger partial charge in [0.25, 0.3) is 5.91 Å². The van der Waals surface area contributed by atoms with Gasteiger partial charge in [0.15, 0.2) is 0 Å². The normalized spacial score (nSPS) is 13.8. The molecule has 1 heterocycles. The standard InChI is InChI=1S/C15H18N2O3/c1-15(20,11-18)10-16-14(19)12-4-6-13(7-5-12)17-8-2-3-9-17/h2-9,18,20H,10-11H2,1H3,(H,16,19). The molecule has 5 heteroatoms. The van der Waals surface area contributed by atoms with Crippen molar-refractivity contribution in [2.24, 2.45) is 0 Å². The summed E-state index contributed by atoms with van der Waals surface area (Å²) < 4.78 is 1.94. The predicted octanol–water partition coefficient (Wildman–Crippen LogP) is 0.950. The smallest absolute Gasteiger partial charge is 0.251 e. The van der Waals surface area contributed by atoms with Gasteiger partial charge >= 0.3 is 0 Å².